The highest BCUT2D eigenvalue weighted by Crippen LogP contribution is 2.17. The van der Waals surface area contributed by atoms with E-state index in [0.717, 1.165) is 12.2 Å². The molecule has 0 aliphatic heterocycles. The fraction of sp³-hybridized carbons (Fsp3) is 0.500. The Labute approximate surface area is 108 Å². The molecule has 1 N–H and O–H groups in total. The molecule has 1 aromatic rings. The average molecular weight is 252 g/mol. The zero-order valence-corrected chi connectivity index (χ0v) is 11.2. The minimum absolute atomic E-state index is 0.0602. The first-order valence-corrected chi connectivity index (χ1v) is 6.37. The molecule has 0 aliphatic rings. The van der Waals surface area contributed by atoms with Gasteiger partial charge in [-0.1, -0.05) is 13.8 Å². The van der Waals surface area contributed by atoms with Gasteiger partial charge in [0, 0.05) is 24.7 Å². The van der Waals surface area contributed by atoms with Crippen LogP contribution < -0.4 is 10.2 Å². The van der Waals surface area contributed by atoms with Crippen molar-refractivity contribution in [2.24, 2.45) is 5.92 Å². The average Bonchev–Trinajstić information content (AvgIpc) is 2.38. The molecule has 3 nitrogen and oxygen atoms in total. The topological polar surface area (TPSA) is 32.3 Å². The number of amides is 1. The molecular formula is C14H21FN2O. The molecule has 0 bridgehead atoms. The monoisotopic (exact) mass is 252 g/mol. The van der Waals surface area contributed by atoms with E-state index in [2.05, 4.69) is 5.32 Å². The van der Waals surface area contributed by atoms with Crippen LogP contribution in [0.1, 0.15) is 20.8 Å². The number of carbonyl (C=O) groups excluding carboxylic acids is 1. The highest BCUT2D eigenvalue weighted by Gasteiger charge is 2.20. The van der Waals surface area contributed by atoms with Crippen molar-refractivity contribution >= 4 is 11.6 Å². The van der Waals surface area contributed by atoms with Gasteiger partial charge in [-0.05, 0) is 37.7 Å². The molecule has 0 aliphatic carbocycles. The molecule has 100 valence electrons. The molecule has 4 heteroatoms. The van der Waals surface area contributed by atoms with E-state index in [1.807, 2.05) is 20.8 Å². The van der Waals surface area contributed by atoms with Crippen molar-refractivity contribution in [3.05, 3.63) is 30.1 Å². The third-order valence-electron chi connectivity index (χ3n) is 2.84. The smallest absolute Gasteiger partial charge is 0.231 e. The van der Waals surface area contributed by atoms with Gasteiger partial charge in [0.15, 0.2) is 0 Å². The Morgan fingerprint density at radius 1 is 1.33 bits per heavy atom. The first kappa shape index (κ1) is 14.6. The van der Waals surface area contributed by atoms with E-state index in [1.54, 1.807) is 17.0 Å². The summed E-state index contributed by atoms with van der Waals surface area (Å²) in [6, 6.07) is 6.02. The highest BCUT2D eigenvalue weighted by atomic mass is 19.1. The third-order valence-corrected chi connectivity index (χ3v) is 2.84. The maximum atomic E-state index is 12.9. The third kappa shape index (κ3) is 3.81. The maximum Gasteiger partial charge on any atom is 0.231 e. The molecule has 0 saturated heterocycles. The van der Waals surface area contributed by atoms with Crippen LogP contribution in [-0.4, -0.2) is 25.5 Å². The molecule has 0 fully saturated rings. The second-order valence-corrected chi connectivity index (χ2v) is 4.27. The van der Waals surface area contributed by atoms with Crippen molar-refractivity contribution in [1.29, 1.82) is 0 Å². The number of nitrogens with zero attached hydrogens (tertiary/aromatic N) is 1. The van der Waals surface area contributed by atoms with Gasteiger partial charge in [-0.2, -0.15) is 0 Å². The lowest BCUT2D eigenvalue weighted by molar-refractivity contribution is -0.121. The summed E-state index contributed by atoms with van der Waals surface area (Å²) in [4.78, 5) is 13.9. The molecule has 1 unspecified atom stereocenters. The van der Waals surface area contributed by atoms with Crippen LogP contribution in [0.2, 0.25) is 0 Å². The predicted molar refractivity (Wildman–Crippen MR) is 72.1 cm³/mol. The number of rotatable bonds is 6. The van der Waals surface area contributed by atoms with Gasteiger partial charge in [-0.15, -0.1) is 0 Å². The van der Waals surface area contributed by atoms with Crippen LogP contribution in [0.25, 0.3) is 0 Å². The second kappa shape index (κ2) is 7.11. The fourth-order valence-corrected chi connectivity index (χ4v) is 1.80. The van der Waals surface area contributed by atoms with Crippen LogP contribution in [0.3, 0.4) is 0 Å². The van der Waals surface area contributed by atoms with E-state index in [4.69, 9.17) is 0 Å². The van der Waals surface area contributed by atoms with Gasteiger partial charge < -0.3 is 10.2 Å². The number of nitrogens with one attached hydrogen (secondary N) is 1. The molecule has 1 atom stereocenters. The Balaban J connectivity index is 2.76. The molecule has 1 amide bonds. The number of halogens is 1. The molecule has 0 spiro atoms. The van der Waals surface area contributed by atoms with E-state index in [9.17, 15) is 9.18 Å². The quantitative estimate of drug-likeness (QED) is 0.843. The lowest BCUT2D eigenvalue weighted by Gasteiger charge is -2.24. The molecule has 0 heterocycles. The van der Waals surface area contributed by atoms with Crippen LogP contribution in [0, 0.1) is 11.7 Å². The number of anilines is 1. The summed E-state index contributed by atoms with van der Waals surface area (Å²) in [6.45, 7) is 7.92. The van der Waals surface area contributed by atoms with Crippen LogP contribution in [0.5, 0.6) is 0 Å². The fourth-order valence-electron chi connectivity index (χ4n) is 1.80. The zero-order valence-electron chi connectivity index (χ0n) is 11.2. The summed E-state index contributed by atoms with van der Waals surface area (Å²) < 4.78 is 12.9. The number of hydrogen-bond donors (Lipinski definition) is 1. The first-order chi connectivity index (χ1) is 8.60. The molecule has 0 aromatic heterocycles. The summed E-state index contributed by atoms with van der Waals surface area (Å²) in [5.41, 5.74) is 0.743. The van der Waals surface area contributed by atoms with Crippen molar-refractivity contribution in [2.45, 2.75) is 20.8 Å². The molecule has 18 heavy (non-hydrogen) atoms. The molecular weight excluding hydrogens is 231 g/mol. The van der Waals surface area contributed by atoms with Gasteiger partial charge in [-0.25, -0.2) is 4.39 Å². The van der Waals surface area contributed by atoms with E-state index >= 15 is 0 Å². The Morgan fingerprint density at radius 2 is 1.94 bits per heavy atom. The number of benzene rings is 1. The van der Waals surface area contributed by atoms with Gasteiger partial charge in [0.05, 0.1) is 0 Å². The molecule has 0 saturated carbocycles. The largest absolute Gasteiger partial charge is 0.316 e. The van der Waals surface area contributed by atoms with Crippen molar-refractivity contribution in [3.63, 3.8) is 0 Å². The Morgan fingerprint density at radius 3 is 2.44 bits per heavy atom. The van der Waals surface area contributed by atoms with Crippen LogP contribution >= 0.6 is 0 Å². The van der Waals surface area contributed by atoms with Gasteiger partial charge in [0.2, 0.25) is 5.91 Å². The van der Waals surface area contributed by atoms with Crippen molar-refractivity contribution < 1.29 is 9.18 Å². The lowest BCUT2D eigenvalue weighted by atomic mass is 10.1. The summed E-state index contributed by atoms with van der Waals surface area (Å²) in [6.07, 6.45) is 0. The Hall–Kier alpha value is -1.42. The Bertz CT molecular complexity index is 378. The molecule has 1 aromatic carbocycles. The standard InChI is InChI=1S/C14H21FN2O/c1-4-16-10-11(3)14(18)17(5-2)13-8-6-12(15)7-9-13/h6-9,11,16H,4-5,10H2,1-3H3. The Kier molecular flexibility index (Phi) is 5.78. The van der Waals surface area contributed by atoms with Crippen LogP contribution in [0.4, 0.5) is 10.1 Å². The van der Waals surface area contributed by atoms with Gasteiger partial charge >= 0.3 is 0 Å². The predicted octanol–water partition coefficient (Wildman–Crippen LogP) is 2.42. The second-order valence-electron chi connectivity index (χ2n) is 4.27. The van der Waals surface area contributed by atoms with Crippen LogP contribution in [0.15, 0.2) is 24.3 Å². The first-order valence-electron chi connectivity index (χ1n) is 6.37. The van der Waals surface area contributed by atoms with Crippen LogP contribution in [-0.2, 0) is 4.79 Å². The zero-order chi connectivity index (χ0) is 13.5. The molecule has 0 radical (unpaired) electrons. The van der Waals surface area contributed by atoms with E-state index in [0.29, 0.717) is 13.1 Å². The molecule has 1 rings (SSSR count). The van der Waals surface area contributed by atoms with Crippen molar-refractivity contribution in [3.8, 4) is 0 Å². The maximum absolute atomic E-state index is 12.9. The summed E-state index contributed by atoms with van der Waals surface area (Å²) in [5.74, 6) is -0.317. The minimum atomic E-state index is -0.289. The highest BCUT2D eigenvalue weighted by molar-refractivity contribution is 5.94. The van der Waals surface area contributed by atoms with E-state index in [1.165, 1.54) is 12.1 Å². The lowest BCUT2D eigenvalue weighted by Crippen LogP contribution is -2.39. The number of hydrogen-bond acceptors (Lipinski definition) is 2. The van der Waals surface area contributed by atoms with Gasteiger partial charge in [0.25, 0.3) is 0 Å². The van der Waals surface area contributed by atoms with Gasteiger partial charge in [0.1, 0.15) is 5.82 Å². The van der Waals surface area contributed by atoms with Crippen molar-refractivity contribution in [1.82, 2.24) is 5.32 Å². The summed E-state index contributed by atoms with van der Waals surface area (Å²) in [5, 5.41) is 3.16. The summed E-state index contributed by atoms with van der Waals surface area (Å²) in [7, 11) is 0. The summed E-state index contributed by atoms with van der Waals surface area (Å²) >= 11 is 0. The SMILES string of the molecule is CCNCC(C)C(=O)N(CC)c1ccc(F)cc1. The van der Waals surface area contributed by atoms with Crippen molar-refractivity contribution in [2.75, 3.05) is 24.5 Å². The normalized spacial score (nSPS) is 12.2. The van der Waals surface area contributed by atoms with E-state index in [-0.39, 0.29) is 17.6 Å². The number of carbonyl (C=O) groups is 1. The minimum Gasteiger partial charge on any atom is -0.316 e. The van der Waals surface area contributed by atoms with E-state index < -0.39 is 0 Å². The van der Waals surface area contributed by atoms with Gasteiger partial charge in [-0.3, -0.25) is 4.79 Å².